The number of nitrogens with two attached hydrogens (primary N) is 1. The van der Waals surface area contributed by atoms with E-state index in [0.29, 0.717) is 5.69 Å². The number of rotatable bonds is 4. The molecule has 0 radical (unpaired) electrons. The molecule has 1 aromatic carbocycles. The number of nitrogens with zero attached hydrogens (tertiary/aromatic N) is 1. The minimum Gasteiger partial charge on any atom is -0.398 e. The van der Waals surface area contributed by atoms with Gasteiger partial charge in [0.05, 0.1) is 21.6 Å². The summed E-state index contributed by atoms with van der Waals surface area (Å²) in [7, 11) is -2.04. The van der Waals surface area contributed by atoms with Gasteiger partial charge in [0.15, 0.2) is 0 Å². The molecule has 2 rings (SSSR count). The van der Waals surface area contributed by atoms with Crippen LogP contribution in [-0.2, 0) is 10.0 Å². The summed E-state index contributed by atoms with van der Waals surface area (Å²) in [6.45, 7) is 1.85. The van der Waals surface area contributed by atoms with Gasteiger partial charge in [-0.1, -0.05) is 17.7 Å². The van der Waals surface area contributed by atoms with Gasteiger partial charge in [0.2, 0.25) is 10.0 Å². The first kappa shape index (κ1) is 15.3. The third-order valence-electron chi connectivity index (χ3n) is 3.15. The zero-order chi connectivity index (χ0) is 14.9. The zero-order valence-electron chi connectivity index (χ0n) is 11.1. The maximum absolute atomic E-state index is 12.6. The third kappa shape index (κ3) is 2.83. The second-order valence-electron chi connectivity index (χ2n) is 4.40. The van der Waals surface area contributed by atoms with Crippen LogP contribution in [0.15, 0.2) is 40.6 Å². The second-order valence-corrected chi connectivity index (χ2v) is 7.78. The minimum atomic E-state index is -3.60. The summed E-state index contributed by atoms with van der Waals surface area (Å²) in [4.78, 5) is 1.13. The maximum Gasteiger partial charge on any atom is 0.243 e. The number of anilines is 1. The fourth-order valence-corrected chi connectivity index (χ4v) is 4.26. The van der Waals surface area contributed by atoms with Gasteiger partial charge in [-0.05, 0) is 36.6 Å². The van der Waals surface area contributed by atoms with E-state index >= 15 is 0 Å². The highest BCUT2D eigenvalue weighted by atomic mass is 35.5. The van der Waals surface area contributed by atoms with Crippen LogP contribution < -0.4 is 5.73 Å². The molecule has 0 saturated heterocycles. The van der Waals surface area contributed by atoms with Gasteiger partial charge in [0, 0.05) is 11.9 Å². The average Bonchev–Trinajstić information content (AvgIpc) is 2.94. The van der Waals surface area contributed by atoms with Crippen molar-refractivity contribution in [1.29, 1.82) is 0 Å². The second kappa shape index (κ2) is 5.73. The molecule has 20 heavy (non-hydrogen) atoms. The van der Waals surface area contributed by atoms with Gasteiger partial charge in [0.1, 0.15) is 0 Å². The molecule has 1 unspecified atom stereocenters. The van der Waals surface area contributed by atoms with Crippen LogP contribution in [0.5, 0.6) is 0 Å². The Bertz CT molecular complexity index is 699. The Kier molecular flexibility index (Phi) is 4.39. The number of thiophene rings is 1. The van der Waals surface area contributed by atoms with Gasteiger partial charge in [-0.2, -0.15) is 4.31 Å². The molecule has 0 fully saturated rings. The first-order valence-electron chi connectivity index (χ1n) is 5.90. The molecule has 0 bridgehead atoms. The summed E-state index contributed by atoms with van der Waals surface area (Å²) in [6.07, 6.45) is 0. The quantitative estimate of drug-likeness (QED) is 0.874. The molecule has 108 valence electrons. The van der Waals surface area contributed by atoms with E-state index in [2.05, 4.69) is 0 Å². The van der Waals surface area contributed by atoms with Crippen molar-refractivity contribution in [3.05, 3.63) is 45.6 Å². The number of hydrogen-bond donors (Lipinski definition) is 1. The normalized spacial score (nSPS) is 13.6. The van der Waals surface area contributed by atoms with Crippen LogP contribution in [0.2, 0.25) is 5.02 Å². The Morgan fingerprint density at radius 2 is 2.05 bits per heavy atom. The van der Waals surface area contributed by atoms with E-state index < -0.39 is 10.0 Å². The van der Waals surface area contributed by atoms with Crippen LogP contribution in [0.25, 0.3) is 0 Å². The molecule has 0 aliphatic heterocycles. The Labute approximate surface area is 127 Å². The van der Waals surface area contributed by atoms with Crippen molar-refractivity contribution in [2.24, 2.45) is 0 Å². The molecule has 0 spiro atoms. The predicted octanol–water partition coefficient (Wildman–Crippen LogP) is 3.37. The Morgan fingerprint density at radius 1 is 1.35 bits per heavy atom. The first-order chi connectivity index (χ1) is 9.34. The lowest BCUT2D eigenvalue weighted by molar-refractivity contribution is 0.403. The highest BCUT2D eigenvalue weighted by Crippen LogP contribution is 2.30. The number of nitrogen functional groups attached to an aromatic ring is 1. The molecule has 0 amide bonds. The summed E-state index contributed by atoms with van der Waals surface area (Å²) in [5, 5.41) is 2.16. The molecule has 1 aromatic heterocycles. The summed E-state index contributed by atoms with van der Waals surface area (Å²) in [5.41, 5.74) is 5.97. The lowest BCUT2D eigenvalue weighted by Crippen LogP contribution is -2.29. The molecule has 2 N–H and O–H groups in total. The lowest BCUT2D eigenvalue weighted by atomic mass is 10.3. The number of sulfonamides is 1. The van der Waals surface area contributed by atoms with Crippen molar-refractivity contribution in [1.82, 2.24) is 4.31 Å². The van der Waals surface area contributed by atoms with Gasteiger partial charge in [-0.25, -0.2) is 8.42 Å². The van der Waals surface area contributed by atoms with Gasteiger partial charge in [-0.15, -0.1) is 11.3 Å². The number of hydrogen-bond acceptors (Lipinski definition) is 4. The number of halogens is 1. The van der Waals surface area contributed by atoms with Crippen molar-refractivity contribution in [3.8, 4) is 0 Å². The molecule has 0 saturated carbocycles. The minimum absolute atomic E-state index is 0.141. The van der Waals surface area contributed by atoms with E-state index in [1.807, 2.05) is 24.4 Å². The fraction of sp³-hybridized carbons (Fsp3) is 0.231. The van der Waals surface area contributed by atoms with Crippen molar-refractivity contribution in [2.75, 3.05) is 12.8 Å². The molecule has 1 atom stereocenters. The van der Waals surface area contributed by atoms with Crippen LogP contribution in [-0.4, -0.2) is 19.8 Å². The van der Waals surface area contributed by atoms with Gasteiger partial charge in [0.25, 0.3) is 0 Å². The molecule has 4 nitrogen and oxygen atoms in total. The fourth-order valence-electron chi connectivity index (χ4n) is 1.75. The molecule has 0 aliphatic carbocycles. The maximum atomic E-state index is 12.6. The average molecular weight is 331 g/mol. The molecular formula is C13H15ClN2O2S2. The van der Waals surface area contributed by atoms with E-state index in [0.717, 1.165) is 4.88 Å². The third-order valence-corrected chi connectivity index (χ3v) is 6.44. The highest BCUT2D eigenvalue weighted by Gasteiger charge is 2.27. The van der Waals surface area contributed by atoms with Crippen LogP contribution in [0, 0.1) is 0 Å². The van der Waals surface area contributed by atoms with E-state index in [-0.39, 0.29) is 16.0 Å². The smallest absolute Gasteiger partial charge is 0.243 e. The first-order valence-corrected chi connectivity index (χ1v) is 8.60. The van der Waals surface area contributed by atoms with Crippen LogP contribution in [0.4, 0.5) is 5.69 Å². The van der Waals surface area contributed by atoms with E-state index in [9.17, 15) is 8.42 Å². The van der Waals surface area contributed by atoms with Crippen molar-refractivity contribution >= 4 is 38.6 Å². The van der Waals surface area contributed by atoms with Crippen molar-refractivity contribution in [2.45, 2.75) is 17.9 Å². The summed E-state index contributed by atoms with van der Waals surface area (Å²) in [5.74, 6) is 0. The van der Waals surface area contributed by atoms with Gasteiger partial charge in [-0.3, -0.25) is 0 Å². The molecule has 7 heteroatoms. The standard InChI is InChI=1S/C13H15ClN2O2S2/c1-9(13-4-3-7-19-13)16(2)20(17,18)10-5-6-12(15)11(14)8-10/h3-9H,15H2,1-2H3. The SMILES string of the molecule is CC(c1cccs1)N(C)S(=O)(=O)c1ccc(N)c(Cl)c1. The summed E-state index contributed by atoms with van der Waals surface area (Å²) >= 11 is 7.42. The Balaban J connectivity index is 2.36. The largest absolute Gasteiger partial charge is 0.398 e. The zero-order valence-corrected chi connectivity index (χ0v) is 13.5. The lowest BCUT2D eigenvalue weighted by Gasteiger charge is -2.23. The van der Waals surface area contributed by atoms with Gasteiger partial charge >= 0.3 is 0 Å². The molecule has 1 heterocycles. The van der Waals surface area contributed by atoms with Crippen LogP contribution in [0.1, 0.15) is 17.8 Å². The highest BCUT2D eigenvalue weighted by molar-refractivity contribution is 7.89. The van der Waals surface area contributed by atoms with E-state index in [4.69, 9.17) is 17.3 Å². The predicted molar refractivity (Wildman–Crippen MR) is 83.5 cm³/mol. The topological polar surface area (TPSA) is 63.4 Å². The van der Waals surface area contributed by atoms with Crippen LogP contribution in [0.3, 0.4) is 0 Å². The molecule has 0 aliphatic rings. The molecule has 2 aromatic rings. The van der Waals surface area contributed by atoms with Crippen molar-refractivity contribution < 1.29 is 8.42 Å². The summed E-state index contributed by atoms with van der Waals surface area (Å²) < 4.78 is 26.5. The van der Waals surface area contributed by atoms with Crippen LogP contribution >= 0.6 is 22.9 Å². The number of benzene rings is 1. The summed E-state index contributed by atoms with van der Waals surface area (Å²) in [6, 6.07) is 7.92. The molecular weight excluding hydrogens is 316 g/mol. The Morgan fingerprint density at radius 3 is 2.60 bits per heavy atom. The van der Waals surface area contributed by atoms with E-state index in [1.165, 1.54) is 33.8 Å². The van der Waals surface area contributed by atoms with Crippen molar-refractivity contribution in [3.63, 3.8) is 0 Å². The monoisotopic (exact) mass is 330 g/mol. The Hall–Kier alpha value is -1.08. The van der Waals surface area contributed by atoms with E-state index in [1.54, 1.807) is 7.05 Å². The van der Waals surface area contributed by atoms with Gasteiger partial charge < -0.3 is 5.73 Å².